The van der Waals surface area contributed by atoms with Crippen molar-refractivity contribution in [1.82, 2.24) is 4.90 Å². The molecule has 6 rings (SSSR count). The fourth-order valence-electron chi connectivity index (χ4n) is 4.60. The maximum Gasteiger partial charge on any atom is 0.290 e. The van der Waals surface area contributed by atoms with Crippen LogP contribution in [0.5, 0.6) is 11.5 Å². The number of amides is 1. The number of carbonyl (C=O) groups excluding carboxylic acids is 2. The molecule has 1 aliphatic heterocycles. The third-order valence-corrected chi connectivity index (χ3v) is 7.66. The number of rotatable bonds is 7. The number of benzene rings is 3. The third-order valence-electron chi connectivity index (χ3n) is 6.31. The SMILES string of the molecule is O=C(C1=C(O)C(=O)N(Cc2cccs2)C1c1cccc(Oc2ccccc2)c1)c1cc2cc(Br)ccc2o1. The van der Waals surface area contributed by atoms with E-state index in [0.29, 0.717) is 22.6 Å². The zero-order valence-electron chi connectivity index (χ0n) is 19.8. The first-order valence-corrected chi connectivity index (χ1v) is 13.5. The molecule has 0 aliphatic carbocycles. The van der Waals surface area contributed by atoms with Gasteiger partial charge in [-0.15, -0.1) is 11.3 Å². The first-order chi connectivity index (χ1) is 18.5. The highest BCUT2D eigenvalue weighted by Gasteiger charge is 2.44. The van der Waals surface area contributed by atoms with Crippen LogP contribution < -0.4 is 4.74 Å². The zero-order chi connectivity index (χ0) is 26.2. The molecule has 0 saturated carbocycles. The van der Waals surface area contributed by atoms with Crippen LogP contribution in [0.2, 0.25) is 0 Å². The van der Waals surface area contributed by atoms with Gasteiger partial charge in [-0.2, -0.15) is 0 Å². The Morgan fingerprint density at radius 3 is 2.58 bits per heavy atom. The van der Waals surface area contributed by atoms with Crippen molar-refractivity contribution in [1.29, 1.82) is 0 Å². The van der Waals surface area contributed by atoms with Crippen molar-refractivity contribution in [3.8, 4) is 11.5 Å². The molecule has 188 valence electrons. The number of ether oxygens (including phenoxy) is 1. The summed E-state index contributed by atoms with van der Waals surface area (Å²) in [6.07, 6.45) is 0. The molecule has 1 unspecified atom stereocenters. The standard InChI is InChI=1S/C30H20BrNO5S/c31-20-11-12-24-19(14-20)16-25(37-24)28(33)26-27(32(30(35)29(26)34)17-23-10-5-13-38-23)18-6-4-9-22(15-18)36-21-7-2-1-3-8-21/h1-16,27,34H,17H2. The van der Waals surface area contributed by atoms with Crippen molar-refractivity contribution in [3.05, 3.63) is 128 Å². The Bertz CT molecular complexity index is 1690. The summed E-state index contributed by atoms with van der Waals surface area (Å²) in [6.45, 7) is 0.235. The van der Waals surface area contributed by atoms with E-state index in [2.05, 4.69) is 15.9 Å². The van der Waals surface area contributed by atoms with Crippen LogP contribution in [0.25, 0.3) is 11.0 Å². The lowest BCUT2D eigenvalue weighted by atomic mass is 9.94. The van der Waals surface area contributed by atoms with Crippen molar-refractivity contribution >= 4 is 49.9 Å². The monoisotopic (exact) mass is 585 g/mol. The Balaban J connectivity index is 1.42. The topological polar surface area (TPSA) is 80.0 Å². The van der Waals surface area contributed by atoms with Crippen LogP contribution >= 0.6 is 27.3 Å². The minimum atomic E-state index is -0.837. The number of nitrogens with zero attached hydrogens (tertiary/aromatic N) is 1. The molecule has 1 aliphatic rings. The van der Waals surface area contributed by atoms with Crippen LogP contribution in [-0.4, -0.2) is 21.7 Å². The number of furan rings is 1. The molecular weight excluding hydrogens is 566 g/mol. The number of carbonyl (C=O) groups is 2. The second-order valence-corrected chi connectivity index (χ2v) is 10.7. The zero-order valence-corrected chi connectivity index (χ0v) is 22.2. The molecular formula is C30H20BrNO5S. The van der Waals surface area contributed by atoms with Crippen molar-refractivity contribution < 1.29 is 23.8 Å². The molecule has 5 aromatic rings. The van der Waals surface area contributed by atoms with E-state index in [1.54, 1.807) is 30.3 Å². The van der Waals surface area contributed by atoms with E-state index in [-0.39, 0.29) is 17.9 Å². The van der Waals surface area contributed by atoms with Crippen LogP contribution in [0.3, 0.4) is 0 Å². The Morgan fingerprint density at radius 1 is 0.974 bits per heavy atom. The molecule has 0 radical (unpaired) electrons. The lowest BCUT2D eigenvalue weighted by Crippen LogP contribution is -2.30. The molecule has 38 heavy (non-hydrogen) atoms. The Morgan fingerprint density at radius 2 is 1.79 bits per heavy atom. The summed E-state index contributed by atoms with van der Waals surface area (Å²) in [4.78, 5) is 29.6. The van der Waals surface area contributed by atoms with Gasteiger partial charge in [0, 0.05) is 14.7 Å². The number of aliphatic hydroxyl groups is 1. The van der Waals surface area contributed by atoms with E-state index in [4.69, 9.17) is 9.15 Å². The van der Waals surface area contributed by atoms with Gasteiger partial charge in [-0.3, -0.25) is 9.59 Å². The minimum Gasteiger partial charge on any atom is -0.503 e. The fourth-order valence-corrected chi connectivity index (χ4v) is 5.68. The summed E-state index contributed by atoms with van der Waals surface area (Å²) in [7, 11) is 0. The number of thiophene rings is 1. The number of halogens is 1. The van der Waals surface area contributed by atoms with Gasteiger partial charge < -0.3 is 19.2 Å². The Hall–Kier alpha value is -4.14. The van der Waals surface area contributed by atoms with Crippen LogP contribution in [0.15, 0.2) is 117 Å². The average molecular weight is 586 g/mol. The first kappa shape index (κ1) is 24.2. The van der Waals surface area contributed by atoms with Gasteiger partial charge in [-0.05, 0) is 65.5 Å². The van der Waals surface area contributed by atoms with Gasteiger partial charge in [0.2, 0.25) is 5.78 Å². The predicted molar refractivity (Wildman–Crippen MR) is 148 cm³/mol. The molecule has 3 aromatic carbocycles. The smallest absolute Gasteiger partial charge is 0.290 e. The highest BCUT2D eigenvalue weighted by atomic mass is 79.9. The summed E-state index contributed by atoms with van der Waals surface area (Å²) < 4.78 is 12.7. The van der Waals surface area contributed by atoms with Gasteiger partial charge in [0.1, 0.15) is 17.1 Å². The third kappa shape index (κ3) is 4.53. The fraction of sp³-hybridized carbons (Fsp3) is 0.0667. The number of para-hydroxylation sites is 1. The van der Waals surface area contributed by atoms with Gasteiger partial charge in [0.05, 0.1) is 18.2 Å². The van der Waals surface area contributed by atoms with E-state index in [0.717, 1.165) is 14.7 Å². The Labute approximate surface area is 230 Å². The Kier molecular flexibility index (Phi) is 6.35. The van der Waals surface area contributed by atoms with Gasteiger partial charge in [-0.1, -0.05) is 52.3 Å². The number of fused-ring (bicyclic) bond motifs is 1. The average Bonchev–Trinajstić information content (AvgIpc) is 3.64. The predicted octanol–water partition coefficient (Wildman–Crippen LogP) is 7.83. The molecule has 1 amide bonds. The number of hydrogen-bond donors (Lipinski definition) is 1. The van der Waals surface area contributed by atoms with E-state index in [9.17, 15) is 14.7 Å². The van der Waals surface area contributed by atoms with Crippen molar-refractivity contribution in [2.24, 2.45) is 0 Å². The largest absolute Gasteiger partial charge is 0.503 e. The summed E-state index contributed by atoms with van der Waals surface area (Å²) in [5, 5.41) is 13.7. The second-order valence-electron chi connectivity index (χ2n) is 8.79. The summed E-state index contributed by atoms with van der Waals surface area (Å²) in [6, 6.07) is 26.6. The van der Waals surface area contributed by atoms with E-state index in [1.165, 1.54) is 16.2 Å². The van der Waals surface area contributed by atoms with Crippen LogP contribution in [-0.2, 0) is 11.3 Å². The van der Waals surface area contributed by atoms with Gasteiger partial charge in [-0.25, -0.2) is 0 Å². The van der Waals surface area contributed by atoms with Crippen molar-refractivity contribution in [3.63, 3.8) is 0 Å². The van der Waals surface area contributed by atoms with Crippen LogP contribution in [0.4, 0.5) is 0 Å². The summed E-state index contributed by atoms with van der Waals surface area (Å²) in [5.41, 5.74) is 1.14. The van der Waals surface area contributed by atoms with Gasteiger partial charge in [0.25, 0.3) is 5.91 Å². The molecule has 1 N–H and O–H groups in total. The molecule has 3 heterocycles. The normalized spacial score (nSPS) is 15.4. The highest BCUT2D eigenvalue weighted by Crippen LogP contribution is 2.42. The molecule has 2 aromatic heterocycles. The molecule has 0 bridgehead atoms. The summed E-state index contributed by atoms with van der Waals surface area (Å²) in [5.74, 6) is -0.481. The lowest BCUT2D eigenvalue weighted by Gasteiger charge is -2.26. The molecule has 1 atom stereocenters. The molecule has 0 saturated heterocycles. The molecule has 0 spiro atoms. The van der Waals surface area contributed by atoms with E-state index < -0.39 is 23.5 Å². The number of aliphatic hydroxyl groups excluding tert-OH is 1. The van der Waals surface area contributed by atoms with Crippen LogP contribution in [0, 0.1) is 0 Å². The second kappa shape index (κ2) is 9.96. The maximum absolute atomic E-state index is 13.8. The maximum atomic E-state index is 13.8. The quantitative estimate of drug-likeness (QED) is 0.197. The van der Waals surface area contributed by atoms with Crippen LogP contribution in [0.1, 0.15) is 27.0 Å². The molecule has 8 heteroatoms. The first-order valence-electron chi connectivity index (χ1n) is 11.8. The molecule has 0 fully saturated rings. The number of ketones is 1. The number of Topliss-reactive ketones (excluding diaryl/α,β-unsaturated/α-hetero) is 1. The van der Waals surface area contributed by atoms with E-state index >= 15 is 0 Å². The summed E-state index contributed by atoms with van der Waals surface area (Å²) >= 11 is 4.93. The highest BCUT2D eigenvalue weighted by molar-refractivity contribution is 9.10. The van der Waals surface area contributed by atoms with E-state index in [1.807, 2.05) is 66.0 Å². The van der Waals surface area contributed by atoms with Crippen molar-refractivity contribution in [2.45, 2.75) is 12.6 Å². The lowest BCUT2D eigenvalue weighted by molar-refractivity contribution is -0.130. The van der Waals surface area contributed by atoms with Crippen molar-refractivity contribution in [2.75, 3.05) is 0 Å². The minimum absolute atomic E-state index is 0.0264. The molecule has 6 nitrogen and oxygen atoms in total. The van der Waals surface area contributed by atoms with Gasteiger partial charge in [0.15, 0.2) is 11.5 Å². The van der Waals surface area contributed by atoms with Gasteiger partial charge >= 0.3 is 0 Å². The number of hydrogen-bond acceptors (Lipinski definition) is 6.